The lowest BCUT2D eigenvalue weighted by atomic mass is 10.1. The lowest BCUT2D eigenvalue weighted by Crippen LogP contribution is -2.00. The Balaban J connectivity index is 2.66. The number of aromatic carboxylic acids is 1. The zero-order valence-corrected chi connectivity index (χ0v) is 12.0. The van der Waals surface area contributed by atoms with Gasteiger partial charge < -0.3 is 9.63 Å². The molecule has 0 amide bonds. The molecule has 0 aliphatic heterocycles. The van der Waals surface area contributed by atoms with E-state index in [1.165, 1.54) is 12.1 Å². The molecule has 0 atom stereocenters. The Bertz CT molecular complexity index is 750. The van der Waals surface area contributed by atoms with Crippen LogP contribution < -0.4 is 0 Å². The maximum atomic E-state index is 11.7. The summed E-state index contributed by atoms with van der Waals surface area (Å²) in [4.78, 5) is 10.8. The van der Waals surface area contributed by atoms with Crippen LogP contribution in [0.2, 0.25) is 0 Å². The highest BCUT2D eigenvalue weighted by molar-refractivity contribution is 9.10. The van der Waals surface area contributed by atoms with Crippen LogP contribution in [0.4, 0.5) is 0 Å². The topological polar surface area (TPSA) is 97.5 Å². The number of halogens is 1. The first-order chi connectivity index (χ1) is 8.79. The molecule has 0 bridgehead atoms. The minimum Gasteiger partial charge on any atom is -0.475 e. The van der Waals surface area contributed by atoms with Crippen molar-refractivity contribution in [3.05, 3.63) is 34.5 Å². The Morgan fingerprint density at radius 1 is 1.37 bits per heavy atom. The van der Waals surface area contributed by atoms with Crippen molar-refractivity contribution in [2.45, 2.75) is 4.90 Å². The monoisotopic (exact) mass is 345 g/mol. The van der Waals surface area contributed by atoms with Gasteiger partial charge in [0.2, 0.25) is 5.76 Å². The fraction of sp³-hybridized carbons (Fsp3) is 0.0909. The number of aromatic nitrogens is 1. The molecular formula is C11H8BrNO5S. The highest BCUT2D eigenvalue weighted by Gasteiger charge is 2.19. The van der Waals surface area contributed by atoms with Gasteiger partial charge in [0.1, 0.15) is 5.69 Å². The van der Waals surface area contributed by atoms with Crippen LogP contribution in [0.15, 0.2) is 38.2 Å². The number of nitrogens with zero attached hydrogens (tertiary/aromatic N) is 1. The van der Waals surface area contributed by atoms with Gasteiger partial charge in [-0.1, -0.05) is 21.1 Å². The average Bonchev–Trinajstić information content (AvgIpc) is 2.76. The number of benzene rings is 1. The molecule has 0 saturated carbocycles. The molecule has 0 aliphatic rings. The standard InChI is InChI=1S/C11H8BrNO5S/c1-19(16,17)10-3-2-6(12)4-7(10)8-5-9(11(14)15)18-13-8/h2-5H,1H3,(H,14,15). The Hall–Kier alpha value is -1.67. The maximum Gasteiger partial charge on any atom is 0.374 e. The van der Waals surface area contributed by atoms with Crippen LogP contribution in [0.25, 0.3) is 11.3 Å². The molecule has 1 aromatic heterocycles. The van der Waals surface area contributed by atoms with Gasteiger partial charge in [-0.3, -0.25) is 0 Å². The third kappa shape index (κ3) is 2.85. The summed E-state index contributed by atoms with van der Waals surface area (Å²) in [5, 5.41) is 12.3. The number of carbonyl (C=O) groups is 1. The molecule has 1 heterocycles. The van der Waals surface area contributed by atoms with Crippen LogP contribution in [0, 0.1) is 0 Å². The van der Waals surface area contributed by atoms with Gasteiger partial charge in [-0.05, 0) is 18.2 Å². The van der Waals surface area contributed by atoms with Crippen LogP contribution in [-0.4, -0.2) is 30.9 Å². The lowest BCUT2D eigenvalue weighted by Gasteiger charge is -2.05. The van der Waals surface area contributed by atoms with Crippen molar-refractivity contribution in [1.29, 1.82) is 0 Å². The number of sulfone groups is 1. The van der Waals surface area contributed by atoms with Crippen LogP contribution >= 0.6 is 15.9 Å². The molecule has 0 saturated heterocycles. The summed E-state index contributed by atoms with van der Waals surface area (Å²) < 4.78 is 28.7. The van der Waals surface area contributed by atoms with Crippen molar-refractivity contribution in [2.24, 2.45) is 0 Å². The minimum absolute atomic E-state index is 0.0564. The zero-order chi connectivity index (χ0) is 14.2. The van der Waals surface area contributed by atoms with E-state index in [1.807, 2.05) is 0 Å². The Morgan fingerprint density at radius 3 is 2.58 bits per heavy atom. The lowest BCUT2D eigenvalue weighted by molar-refractivity contribution is 0.0652. The number of hydrogen-bond donors (Lipinski definition) is 1. The van der Waals surface area contributed by atoms with E-state index in [2.05, 4.69) is 25.6 Å². The van der Waals surface area contributed by atoms with Crippen molar-refractivity contribution >= 4 is 31.7 Å². The first-order valence-corrected chi connectivity index (χ1v) is 7.67. The molecule has 0 spiro atoms. The highest BCUT2D eigenvalue weighted by Crippen LogP contribution is 2.30. The first-order valence-electron chi connectivity index (χ1n) is 4.99. The molecule has 100 valence electrons. The normalized spacial score (nSPS) is 11.5. The predicted octanol–water partition coefficient (Wildman–Crippen LogP) is 2.21. The van der Waals surface area contributed by atoms with Crippen LogP contribution in [0.5, 0.6) is 0 Å². The molecule has 0 radical (unpaired) electrons. The van der Waals surface area contributed by atoms with Crippen molar-refractivity contribution in [3.8, 4) is 11.3 Å². The first kappa shape index (κ1) is 13.8. The third-order valence-electron chi connectivity index (χ3n) is 2.34. The van der Waals surface area contributed by atoms with Gasteiger partial charge in [-0.25, -0.2) is 13.2 Å². The van der Waals surface area contributed by atoms with E-state index < -0.39 is 15.8 Å². The largest absolute Gasteiger partial charge is 0.475 e. The predicted molar refractivity (Wildman–Crippen MR) is 69.7 cm³/mol. The number of carboxylic acid groups (broad SMARTS) is 1. The Morgan fingerprint density at radius 2 is 2.05 bits per heavy atom. The van der Waals surface area contributed by atoms with E-state index in [1.54, 1.807) is 12.1 Å². The van der Waals surface area contributed by atoms with Crippen LogP contribution in [0.1, 0.15) is 10.6 Å². The third-order valence-corrected chi connectivity index (χ3v) is 3.99. The van der Waals surface area contributed by atoms with Gasteiger partial charge in [0, 0.05) is 22.4 Å². The van der Waals surface area contributed by atoms with Gasteiger partial charge in [0.15, 0.2) is 9.84 Å². The van der Waals surface area contributed by atoms with Gasteiger partial charge in [0.25, 0.3) is 0 Å². The summed E-state index contributed by atoms with van der Waals surface area (Å²) in [6.07, 6.45) is 1.07. The summed E-state index contributed by atoms with van der Waals surface area (Å²) in [6, 6.07) is 5.72. The molecule has 19 heavy (non-hydrogen) atoms. The number of hydrogen-bond acceptors (Lipinski definition) is 5. The molecule has 0 unspecified atom stereocenters. The summed E-state index contributed by atoms with van der Waals surface area (Å²) in [5.41, 5.74) is 0.437. The van der Waals surface area contributed by atoms with E-state index >= 15 is 0 Å². The van der Waals surface area contributed by atoms with Crippen molar-refractivity contribution < 1.29 is 22.8 Å². The zero-order valence-electron chi connectivity index (χ0n) is 9.62. The van der Waals surface area contributed by atoms with E-state index in [4.69, 9.17) is 5.11 Å². The minimum atomic E-state index is -3.46. The van der Waals surface area contributed by atoms with Crippen LogP contribution in [0.3, 0.4) is 0 Å². The van der Waals surface area contributed by atoms with E-state index in [9.17, 15) is 13.2 Å². The van der Waals surface area contributed by atoms with Gasteiger partial charge in [-0.2, -0.15) is 0 Å². The number of carboxylic acids is 1. The second-order valence-corrected chi connectivity index (χ2v) is 6.69. The molecule has 6 nitrogen and oxygen atoms in total. The second-order valence-electron chi connectivity index (χ2n) is 3.79. The van der Waals surface area contributed by atoms with Crippen molar-refractivity contribution in [3.63, 3.8) is 0 Å². The molecule has 2 rings (SSSR count). The summed E-state index contributed by atoms with van der Waals surface area (Å²) in [5.74, 6) is -1.62. The Kier molecular flexibility index (Phi) is 3.46. The summed E-state index contributed by atoms with van der Waals surface area (Å²) in [7, 11) is -3.46. The van der Waals surface area contributed by atoms with E-state index in [-0.39, 0.29) is 21.9 Å². The Labute approximate surface area is 117 Å². The molecule has 1 N–H and O–H groups in total. The summed E-state index contributed by atoms with van der Waals surface area (Å²) >= 11 is 3.23. The maximum absolute atomic E-state index is 11.7. The SMILES string of the molecule is CS(=O)(=O)c1ccc(Br)cc1-c1cc(C(=O)O)on1. The highest BCUT2D eigenvalue weighted by atomic mass is 79.9. The van der Waals surface area contributed by atoms with Gasteiger partial charge in [0.05, 0.1) is 4.90 Å². The van der Waals surface area contributed by atoms with Crippen molar-refractivity contribution in [2.75, 3.05) is 6.26 Å². The molecular weight excluding hydrogens is 338 g/mol. The molecule has 2 aromatic rings. The van der Waals surface area contributed by atoms with Gasteiger partial charge >= 0.3 is 5.97 Å². The smallest absolute Gasteiger partial charge is 0.374 e. The van der Waals surface area contributed by atoms with Crippen molar-refractivity contribution in [1.82, 2.24) is 5.16 Å². The molecule has 0 aliphatic carbocycles. The second kappa shape index (κ2) is 4.78. The number of rotatable bonds is 3. The summed E-state index contributed by atoms with van der Waals surface area (Å²) in [6.45, 7) is 0. The molecule has 8 heteroatoms. The fourth-order valence-corrected chi connectivity index (χ4v) is 2.77. The van der Waals surface area contributed by atoms with Crippen LogP contribution in [-0.2, 0) is 9.84 Å². The molecule has 0 fully saturated rings. The van der Waals surface area contributed by atoms with Gasteiger partial charge in [-0.15, -0.1) is 0 Å². The average molecular weight is 346 g/mol. The van der Waals surface area contributed by atoms with E-state index in [0.29, 0.717) is 4.47 Å². The molecule has 1 aromatic carbocycles. The van der Waals surface area contributed by atoms with E-state index in [0.717, 1.165) is 6.26 Å². The fourth-order valence-electron chi connectivity index (χ4n) is 1.53. The quantitative estimate of drug-likeness (QED) is 0.915.